The molecule has 0 saturated heterocycles. The zero-order valence-electron chi connectivity index (χ0n) is 11.5. The average Bonchev–Trinajstić information content (AvgIpc) is 2.40. The Morgan fingerprint density at radius 2 is 1.76 bits per heavy atom. The average molecular weight is 370 g/mol. The van der Waals surface area contributed by atoms with Gasteiger partial charge in [0, 0.05) is 18.1 Å². The number of primary sulfonamides is 1. The van der Waals surface area contributed by atoms with E-state index in [0.29, 0.717) is 12.2 Å². The lowest BCUT2D eigenvalue weighted by Crippen LogP contribution is -2.19. The summed E-state index contributed by atoms with van der Waals surface area (Å²) in [6.07, 6.45) is 0. The number of nitrogens with zero attached hydrogens (tertiary/aromatic N) is 1. The summed E-state index contributed by atoms with van der Waals surface area (Å²) in [6.45, 7) is 0.659. The van der Waals surface area contributed by atoms with E-state index in [-0.39, 0.29) is 4.90 Å². The maximum Gasteiger partial charge on any atom is 0.238 e. The first-order valence-electron chi connectivity index (χ1n) is 6.15. The fourth-order valence-electron chi connectivity index (χ4n) is 2.01. The number of hydrogen-bond donors (Lipinski definition) is 2. The summed E-state index contributed by atoms with van der Waals surface area (Å²) in [5.41, 5.74) is 8.18. The largest absolute Gasteiger partial charge is 0.397 e. The van der Waals surface area contributed by atoms with Gasteiger partial charge in [-0.2, -0.15) is 0 Å². The van der Waals surface area contributed by atoms with E-state index < -0.39 is 10.0 Å². The molecule has 0 saturated carbocycles. The van der Waals surface area contributed by atoms with Gasteiger partial charge in [0.15, 0.2) is 0 Å². The molecular formula is C14H16BrN3O2S. The monoisotopic (exact) mass is 369 g/mol. The minimum Gasteiger partial charge on any atom is -0.397 e. The van der Waals surface area contributed by atoms with Crippen molar-refractivity contribution in [1.29, 1.82) is 0 Å². The molecular weight excluding hydrogens is 354 g/mol. The number of rotatable bonds is 4. The van der Waals surface area contributed by atoms with Gasteiger partial charge in [-0.15, -0.1) is 0 Å². The Kier molecular flexibility index (Phi) is 4.55. The number of sulfonamides is 1. The van der Waals surface area contributed by atoms with Gasteiger partial charge in [0.1, 0.15) is 0 Å². The van der Waals surface area contributed by atoms with Crippen LogP contribution in [0.15, 0.2) is 51.8 Å². The molecule has 0 radical (unpaired) electrons. The fraction of sp³-hybridized carbons (Fsp3) is 0.143. The summed E-state index contributed by atoms with van der Waals surface area (Å²) in [7, 11) is -1.84. The molecule has 0 spiro atoms. The lowest BCUT2D eigenvalue weighted by molar-refractivity contribution is 0.598. The van der Waals surface area contributed by atoms with Crippen molar-refractivity contribution in [2.45, 2.75) is 11.4 Å². The molecule has 0 aliphatic heterocycles. The molecule has 5 nitrogen and oxygen atoms in total. The lowest BCUT2D eigenvalue weighted by Gasteiger charge is -2.21. The minimum atomic E-state index is -3.74. The molecule has 0 heterocycles. The van der Waals surface area contributed by atoms with Crippen LogP contribution in [0.2, 0.25) is 0 Å². The van der Waals surface area contributed by atoms with Gasteiger partial charge < -0.3 is 10.6 Å². The maximum absolute atomic E-state index is 11.3. The molecule has 2 rings (SSSR count). The van der Waals surface area contributed by atoms with Gasteiger partial charge >= 0.3 is 0 Å². The molecule has 0 fully saturated rings. The Balaban J connectivity index is 2.23. The van der Waals surface area contributed by atoms with Crippen LogP contribution in [0, 0.1) is 0 Å². The van der Waals surface area contributed by atoms with Gasteiger partial charge in [-0.05, 0) is 35.9 Å². The van der Waals surface area contributed by atoms with Crippen LogP contribution in [0.5, 0.6) is 0 Å². The number of benzene rings is 2. The van der Waals surface area contributed by atoms with Gasteiger partial charge in [-0.3, -0.25) is 0 Å². The van der Waals surface area contributed by atoms with Gasteiger partial charge in [0.05, 0.1) is 16.3 Å². The predicted molar refractivity (Wildman–Crippen MR) is 88.5 cm³/mol. The van der Waals surface area contributed by atoms with Crippen molar-refractivity contribution in [2.75, 3.05) is 17.7 Å². The Bertz CT molecular complexity index is 745. The van der Waals surface area contributed by atoms with Crippen LogP contribution in [-0.4, -0.2) is 15.5 Å². The number of nitrogens with two attached hydrogens (primary N) is 2. The molecule has 0 aliphatic carbocycles. The zero-order chi connectivity index (χ0) is 15.6. The Morgan fingerprint density at radius 1 is 1.14 bits per heavy atom. The second-order valence-electron chi connectivity index (χ2n) is 4.75. The quantitative estimate of drug-likeness (QED) is 0.809. The SMILES string of the molecule is CN(Cc1ccc(Br)cc1)c1ccc(S(N)(=O)=O)cc1N. The van der Waals surface area contributed by atoms with E-state index in [2.05, 4.69) is 15.9 Å². The minimum absolute atomic E-state index is 0.0146. The van der Waals surface area contributed by atoms with Crippen molar-refractivity contribution < 1.29 is 8.42 Å². The molecule has 0 atom stereocenters. The van der Waals surface area contributed by atoms with Crippen molar-refractivity contribution in [1.82, 2.24) is 0 Å². The first-order chi connectivity index (χ1) is 9.77. The van der Waals surface area contributed by atoms with Gasteiger partial charge in [0.2, 0.25) is 10.0 Å². The highest BCUT2D eigenvalue weighted by Gasteiger charge is 2.12. The van der Waals surface area contributed by atoms with Gasteiger partial charge in [-0.25, -0.2) is 13.6 Å². The summed E-state index contributed by atoms with van der Waals surface area (Å²) in [5, 5.41) is 5.09. The van der Waals surface area contributed by atoms with Crippen LogP contribution in [-0.2, 0) is 16.6 Å². The normalized spacial score (nSPS) is 11.4. The van der Waals surface area contributed by atoms with Crippen molar-refractivity contribution in [3.8, 4) is 0 Å². The van der Waals surface area contributed by atoms with Crippen molar-refractivity contribution in [3.63, 3.8) is 0 Å². The Labute approximate surface area is 132 Å². The molecule has 0 amide bonds. The van der Waals surface area contributed by atoms with Crippen molar-refractivity contribution in [3.05, 3.63) is 52.5 Å². The third-order valence-corrected chi connectivity index (χ3v) is 4.51. The van der Waals surface area contributed by atoms with Crippen LogP contribution in [0.25, 0.3) is 0 Å². The number of halogens is 1. The fourth-order valence-corrected chi connectivity index (χ4v) is 2.82. The summed E-state index contributed by atoms with van der Waals surface area (Å²) in [6, 6.07) is 12.5. The molecule has 0 unspecified atom stereocenters. The van der Waals surface area contributed by atoms with Gasteiger partial charge in [-0.1, -0.05) is 28.1 Å². The molecule has 7 heteroatoms. The third kappa shape index (κ3) is 3.96. The highest BCUT2D eigenvalue weighted by atomic mass is 79.9. The third-order valence-electron chi connectivity index (χ3n) is 3.07. The Morgan fingerprint density at radius 3 is 2.29 bits per heavy atom. The van der Waals surface area contributed by atoms with E-state index in [1.807, 2.05) is 36.2 Å². The van der Waals surface area contributed by atoms with E-state index >= 15 is 0 Å². The van der Waals surface area contributed by atoms with Gasteiger partial charge in [0.25, 0.3) is 0 Å². The summed E-state index contributed by atoms with van der Waals surface area (Å²) in [4.78, 5) is 1.96. The molecule has 21 heavy (non-hydrogen) atoms. The van der Waals surface area contributed by atoms with E-state index in [4.69, 9.17) is 10.9 Å². The molecule has 112 valence electrons. The van der Waals surface area contributed by atoms with Crippen LogP contribution in [0.3, 0.4) is 0 Å². The first kappa shape index (κ1) is 15.8. The standard InChI is InChI=1S/C14H16BrN3O2S/c1-18(9-10-2-4-11(15)5-3-10)14-7-6-12(8-13(14)16)21(17,19)20/h2-8H,9,16H2,1H3,(H2,17,19,20). The van der Waals surface area contributed by atoms with E-state index in [1.165, 1.54) is 12.1 Å². The first-order valence-corrected chi connectivity index (χ1v) is 8.49. The Hall–Kier alpha value is -1.57. The van der Waals surface area contributed by atoms with Crippen LogP contribution in [0.4, 0.5) is 11.4 Å². The highest BCUT2D eigenvalue weighted by molar-refractivity contribution is 9.10. The molecule has 2 aromatic carbocycles. The number of anilines is 2. The molecule has 0 aromatic heterocycles. The van der Waals surface area contributed by atoms with Crippen LogP contribution >= 0.6 is 15.9 Å². The molecule has 0 bridgehead atoms. The van der Waals surface area contributed by atoms with E-state index in [1.54, 1.807) is 6.07 Å². The summed E-state index contributed by atoms with van der Waals surface area (Å²) in [5.74, 6) is 0. The molecule has 0 aliphatic rings. The van der Waals surface area contributed by atoms with Crippen LogP contribution < -0.4 is 15.8 Å². The maximum atomic E-state index is 11.3. The van der Waals surface area contributed by atoms with E-state index in [0.717, 1.165) is 15.7 Å². The van der Waals surface area contributed by atoms with E-state index in [9.17, 15) is 8.42 Å². The summed E-state index contributed by atoms with van der Waals surface area (Å²) < 4.78 is 23.6. The highest BCUT2D eigenvalue weighted by Crippen LogP contribution is 2.26. The molecule has 4 N–H and O–H groups in total. The number of nitrogen functional groups attached to an aromatic ring is 1. The predicted octanol–water partition coefficient (Wildman–Crippen LogP) is 2.32. The second kappa shape index (κ2) is 6.05. The van der Waals surface area contributed by atoms with Crippen molar-refractivity contribution in [2.24, 2.45) is 5.14 Å². The van der Waals surface area contributed by atoms with Crippen molar-refractivity contribution >= 4 is 37.3 Å². The number of hydrogen-bond acceptors (Lipinski definition) is 4. The summed E-state index contributed by atoms with van der Waals surface area (Å²) >= 11 is 3.39. The lowest BCUT2D eigenvalue weighted by atomic mass is 10.2. The smallest absolute Gasteiger partial charge is 0.238 e. The van der Waals surface area contributed by atoms with Crippen LogP contribution in [0.1, 0.15) is 5.56 Å². The zero-order valence-corrected chi connectivity index (χ0v) is 13.9. The second-order valence-corrected chi connectivity index (χ2v) is 7.23. The molecule has 2 aromatic rings. The topological polar surface area (TPSA) is 89.4 Å².